The first-order valence-corrected chi connectivity index (χ1v) is 28.3. The molecule has 52 heavy (non-hydrogen) atoms. The molecule has 4 heteroatoms. The van der Waals surface area contributed by atoms with Crippen molar-refractivity contribution in [3.8, 4) is 0 Å². The maximum atomic E-state index is 11.9. The van der Waals surface area contributed by atoms with Crippen LogP contribution in [0.2, 0.25) is 0 Å². The Morgan fingerprint density at radius 2 is 0.596 bits per heavy atom. The van der Waals surface area contributed by atoms with Gasteiger partial charge in [-0.15, -0.1) is 0 Å². The quantitative estimate of drug-likeness (QED) is 0.0470. The summed E-state index contributed by atoms with van der Waals surface area (Å²) < 4.78 is 11.9. The van der Waals surface area contributed by atoms with Crippen LogP contribution in [0.25, 0.3) is 0 Å². The van der Waals surface area contributed by atoms with E-state index in [2.05, 4.69) is 69.2 Å². The molecule has 0 fully saturated rings. The van der Waals surface area contributed by atoms with Gasteiger partial charge in [-0.3, -0.25) is 0 Å². The monoisotopic (exact) mass is 773 g/mol. The van der Waals surface area contributed by atoms with E-state index in [4.69, 9.17) is 0 Å². The van der Waals surface area contributed by atoms with Crippen LogP contribution in [-0.2, 0) is 4.57 Å². The first kappa shape index (κ1) is 54.7. The number of unbranched alkanes of at least 4 members (excludes halogenated alkanes) is 22. The summed E-state index contributed by atoms with van der Waals surface area (Å²) in [5.41, 5.74) is 0.638. The molecule has 0 saturated carbocycles. The highest BCUT2D eigenvalue weighted by atomic mass is 31.2. The van der Waals surface area contributed by atoms with Crippen molar-refractivity contribution in [2.24, 2.45) is 10.8 Å². The Hall–Kier alpha value is 0.620. The second-order valence-corrected chi connectivity index (χ2v) is 26.6. The molecule has 0 aliphatic carbocycles. The zero-order valence-electron chi connectivity index (χ0n) is 38.2. The average molecular weight is 773 g/mol. The molecule has 0 N–H and O–H groups in total. The van der Waals surface area contributed by atoms with Crippen LogP contribution in [0.15, 0.2) is 0 Å². The molecule has 0 bridgehead atoms. The molecule has 0 saturated heterocycles. The van der Waals surface area contributed by atoms with Gasteiger partial charge in [0, 0.05) is 14.6 Å². The van der Waals surface area contributed by atoms with E-state index in [9.17, 15) is 9.46 Å². The third-order valence-corrected chi connectivity index (χ3v) is 18.4. The van der Waals surface area contributed by atoms with Crippen LogP contribution >= 0.6 is 14.6 Å². The lowest BCUT2D eigenvalue weighted by atomic mass is 9.90. The molecule has 0 unspecified atom stereocenters. The molecule has 2 nitrogen and oxygen atoms in total. The summed E-state index contributed by atoms with van der Waals surface area (Å²) in [5, 5.41) is 0. The van der Waals surface area contributed by atoms with Crippen molar-refractivity contribution in [1.82, 2.24) is 0 Å². The minimum absolute atomic E-state index is 0.319. The molecule has 0 atom stereocenters. The van der Waals surface area contributed by atoms with Crippen LogP contribution in [-0.4, -0.2) is 37.0 Å². The second kappa shape index (κ2) is 36.0. The van der Waals surface area contributed by atoms with Crippen LogP contribution in [0, 0.1) is 10.8 Å². The third kappa shape index (κ3) is 41.8. The van der Waals surface area contributed by atoms with Gasteiger partial charge in [0.15, 0.2) is 0 Å². The van der Waals surface area contributed by atoms with Gasteiger partial charge in [0.05, 0.1) is 24.6 Å². The smallest absolute Gasteiger partial charge is 0.0594 e. The highest BCUT2D eigenvalue weighted by Crippen LogP contribution is 2.61. The molecule has 0 radical (unpaired) electrons. The van der Waals surface area contributed by atoms with E-state index < -0.39 is 14.6 Å². The molecular weight excluding hydrogens is 670 g/mol. The van der Waals surface area contributed by atoms with Crippen molar-refractivity contribution in [3.63, 3.8) is 0 Å². The number of hydrogen-bond acceptors (Lipinski definition) is 2. The fourth-order valence-corrected chi connectivity index (χ4v) is 14.3. The van der Waals surface area contributed by atoms with Crippen LogP contribution in [0.4, 0.5) is 0 Å². The molecule has 0 heterocycles. The predicted octanol–water partition coefficient (Wildman–Crippen LogP) is 17.5. The van der Waals surface area contributed by atoms with Gasteiger partial charge in [0.1, 0.15) is 0 Å². The van der Waals surface area contributed by atoms with Crippen LogP contribution < -0.4 is 4.89 Å². The minimum atomic E-state index is -3.11. The van der Waals surface area contributed by atoms with Crippen LogP contribution in [0.3, 0.4) is 0 Å². The molecule has 0 aliphatic rings. The third-order valence-electron chi connectivity index (χ3n) is 11.3. The summed E-state index contributed by atoms with van der Waals surface area (Å²) in [7, 11) is -3.80. The lowest BCUT2D eigenvalue weighted by Gasteiger charge is -2.28. The Morgan fingerprint density at radius 1 is 0.365 bits per heavy atom. The van der Waals surface area contributed by atoms with Crippen LogP contribution in [0.5, 0.6) is 0 Å². The normalized spacial score (nSPS) is 12.7. The van der Waals surface area contributed by atoms with Crippen molar-refractivity contribution < 1.29 is 9.46 Å². The molecule has 0 aromatic heterocycles. The molecule has 0 aromatic carbocycles. The van der Waals surface area contributed by atoms with E-state index >= 15 is 0 Å². The minimum Gasteiger partial charge on any atom is -0.799 e. The topological polar surface area (TPSA) is 40.1 Å². The first-order valence-electron chi connectivity index (χ1n) is 23.8. The van der Waals surface area contributed by atoms with Gasteiger partial charge in [-0.05, 0) is 100 Å². The standard InChI is InChI=1S/C32H68P.C16H35O2P/c1-5-9-13-17-18-19-20-21-22-23-24-28-32-33(29-25-14-10-6-2,30-26-15-11-7-3)31-27-16-12-8-4;1-15(2,3)11-7-9-13-19(17,18)14-10-8-12-16(4,5)6/h5-32H2,1-4H3;7-14H2,1-6H3,(H,17,18)/q+1;/p-1. The Kier molecular flexibility index (Phi) is 37.9. The molecule has 0 amide bonds. The summed E-state index contributed by atoms with van der Waals surface area (Å²) in [6.45, 7) is 22.6. The van der Waals surface area contributed by atoms with Gasteiger partial charge in [0.2, 0.25) is 0 Å². The molecule has 0 spiro atoms. The number of rotatable bonds is 36. The van der Waals surface area contributed by atoms with E-state index in [0.29, 0.717) is 23.2 Å². The Labute approximate surface area is 332 Å². The molecule has 0 rings (SSSR count). The van der Waals surface area contributed by atoms with Crippen molar-refractivity contribution in [3.05, 3.63) is 0 Å². The van der Waals surface area contributed by atoms with E-state index in [1.807, 2.05) is 0 Å². The summed E-state index contributed by atoms with van der Waals surface area (Å²) in [5.74, 6) is 0. The second-order valence-electron chi connectivity index (χ2n) is 19.6. The van der Waals surface area contributed by atoms with Crippen molar-refractivity contribution in [2.75, 3.05) is 37.0 Å². The van der Waals surface area contributed by atoms with Crippen LogP contribution in [0.1, 0.15) is 262 Å². The summed E-state index contributed by atoms with van der Waals surface area (Å²) in [6, 6.07) is 0. The largest absolute Gasteiger partial charge is 0.799 e. The Bertz CT molecular complexity index is 708. The van der Waals surface area contributed by atoms with Gasteiger partial charge in [0.25, 0.3) is 0 Å². The lowest BCUT2D eigenvalue weighted by Crippen LogP contribution is -2.13. The van der Waals surface area contributed by atoms with E-state index in [-0.39, 0.29) is 0 Å². The van der Waals surface area contributed by atoms with E-state index in [0.717, 1.165) is 38.5 Å². The average Bonchev–Trinajstić information content (AvgIpc) is 3.07. The Balaban J connectivity index is 0. The fraction of sp³-hybridized carbons (Fsp3) is 1.00. The van der Waals surface area contributed by atoms with E-state index in [1.54, 1.807) is 50.3 Å². The number of hydrogen-bond donors (Lipinski definition) is 0. The highest BCUT2D eigenvalue weighted by Gasteiger charge is 2.35. The Morgan fingerprint density at radius 3 is 0.846 bits per heavy atom. The molecular formula is C48H102O2P2. The SMILES string of the molecule is CC(C)(C)CCCCP(=O)([O-])CCCCC(C)(C)C.CCCCCCCCCCCCCC[P+](CCCCCC)(CCCCCC)CCCCCC. The zero-order chi connectivity index (χ0) is 39.5. The van der Waals surface area contributed by atoms with Crippen molar-refractivity contribution in [2.45, 2.75) is 262 Å². The summed E-state index contributed by atoms with van der Waals surface area (Å²) in [4.78, 5) is 11.9. The first-order chi connectivity index (χ1) is 24.7. The van der Waals surface area contributed by atoms with Gasteiger partial charge in [-0.1, -0.05) is 185 Å². The molecule has 0 aliphatic heterocycles. The summed E-state index contributed by atoms with van der Waals surface area (Å²) in [6.07, 6.45) is 48.8. The highest BCUT2D eigenvalue weighted by molar-refractivity contribution is 7.75. The molecule has 0 aromatic rings. The zero-order valence-corrected chi connectivity index (χ0v) is 40.0. The van der Waals surface area contributed by atoms with E-state index in [1.165, 1.54) is 128 Å². The van der Waals surface area contributed by atoms with Gasteiger partial charge in [-0.25, -0.2) is 0 Å². The lowest BCUT2D eigenvalue weighted by molar-refractivity contribution is -0.175. The predicted molar refractivity (Wildman–Crippen MR) is 244 cm³/mol. The maximum Gasteiger partial charge on any atom is 0.0594 e. The summed E-state index contributed by atoms with van der Waals surface area (Å²) >= 11 is 0. The van der Waals surface area contributed by atoms with Gasteiger partial charge in [-0.2, -0.15) is 0 Å². The fourth-order valence-electron chi connectivity index (χ4n) is 7.71. The molecule has 316 valence electrons. The van der Waals surface area contributed by atoms with Gasteiger partial charge < -0.3 is 9.46 Å². The van der Waals surface area contributed by atoms with Crippen molar-refractivity contribution in [1.29, 1.82) is 0 Å². The maximum absolute atomic E-state index is 11.9. The van der Waals surface area contributed by atoms with Gasteiger partial charge >= 0.3 is 0 Å². The van der Waals surface area contributed by atoms with Crippen molar-refractivity contribution >= 4 is 14.6 Å².